The van der Waals surface area contributed by atoms with Crippen molar-refractivity contribution in [3.63, 3.8) is 0 Å². The molecule has 0 aliphatic carbocycles. The number of nitrogens with two attached hydrogens (primary N) is 2. The van der Waals surface area contributed by atoms with E-state index in [0.717, 1.165) is 12.8 Å². The molecule has 0 unspecified atom stereocenters. The largest absolute Gasteiger partial charge is 0.491 e. The van der Waals surface area contributed by atoms with Crippen LogP contribution in [0, 0.1) is 0 Å². The molecule has 0 saturated carbocycles. The third kappa shape index (κ3) is 7.83. The second-order valence-corrected chi connectivity index (χ2v) is 15.4. The minimum Gasteiger partial charge on any atom is -0.394 e. The van der Waals surface area contributed by atoms with E-state index >= 15 is 0 Å². The molecular formula is C12H34N2O6Si3. The van der Waals surface area contributed by atoms with E-state index in [1.807, 2.05) is 13.1 Å². The lowest BCUT2D eigenvalue weighted by atomic mass is 10.5. The molecule has 0 aliphatic rings. The molecule has 0 atom stereocenters. The average Bonchev–Trinajstić information content (AvgIpc) is 2.55. The van der Waals surface area contributed by atoms with Gasteiger partial charge in [-0.1, -0.05) is 0 Å². The number of hydrogen-bond acceptors (Lipinski definition) is 8. The minimum absolute atomic E-state index is 0.555. The fourth-order valence-corrected chi connectivity index (χ4v) is 13.4. The zero-order valence-electron chi connectivity index (χ0n) is 15.3. The highest BCUT2D eigenvalue weighted by atomic mass is 28.5. The predicted octanol–water partition coefficient (Wildman–Crippen LogP) is 0.882. The van der Waals surface area contributed by atoms with Gasteiger partial charge in [-0.25, -0.2) is 0 Å². The Kier molecular flexibility index (Phi) is 11.2. The third-order valence-electron chi connectivity index (χ3n) is 3.42. The van der Waals surface area contributed by atoms with Gasteiger partial charge in [0.1, 0.15) is 0 Å². The maximum atomic E-state index is 6.26. The molecule has 0 amide bonds. The summed E-state index contributed by atoms with van der Waals surface area (Å²) in [6, 6.07) is 1.29. The van der Waals surface area contributed by atoms with Crippen LogP contribution in [0.25, 0.3) is 0 Å². The van der Waals surface area contributed by atoms with E-state index in [-0.39, 0.29) is 0 Å². The molecule has 140 valence electrons. The zero-order valence-corrected chi connectivity index (χ0v) is 18.3. The molecule has 0 aliphatic heterocycles. The van der Waals surface area contributed by atoms with Crippen LogP contribution >= 0.6 is 0 Å². The average molecular weight is 387 g/mol. The highest BCUT2D eigenvalue weighted by Crippen LogP contribution is 2.27. The summed E-state index contributed by atoms with van der Waals surface area (Å²) < 4.78 is 34.9. The van der Waals surface area contributed by atoms with Crippen molar-refractivity contribution >= 4 is 26.2 Å². The first kappa shape index (κ1) is 23.3. The van der Waals surface area contributed by atoms with Crippen LogP contribution < -0.4 is 11.5 Å². The van der Waals surface area contributed by atoms with E-state index in [1.165, 1.54) is 0 Å². The molecule has 0 aromatic carbocycles. The summed E-state index contributed by atoms with van der Waals surface area (Å²) in [6.45, 7) is 4.99. The van der Waals surface area contributed by atoms with Gasteiger partial charge in [0.05, 0.1) is 0 Å². The standard InChI is InChI=1S/C12H34N2O6Si3/c1-15-22(16-2,11-7-9-13)19-21(5,6)20-23(17-3,18-4)12-8-10-14/h7-14H2,1-6H3. The van der Waals surface area contributed by atoms with Gasteiger partial charge in [0.25, 0.3) is 0 Å². The van der Waals surface area contributed by atoms with Crippen molar-refractivity contribution in [2.24, 2.45) is 11.5 Å². The van der Waals surface area contributed by atoms with Gasteiger partial charge in [-0.15, -0.1) is 0 Å². The topological polar surface area (TPSA) is 107 Å². The summed E-state index contributed by atoms with van der Waals surface area (Å²) in [5.74, 6) is 0. The van der Waals surface area contributed by atoms with E-state index < -0.39 is 26.2 Å². The Morgan fingerprint density at radius 2 is 0.957 bits per heavy atom. The molecule has 0 saturated heterocycles. The van der Waals surface area contributed by atoms with Gasteiger partial charge in [-0.3, -0.25) is 0 Å². The fraction of sp³-hybridized carbons (Fsp3) is 1.00. The van der Waals surface area contributed by atoms with E-state index in [4.69, 9.17) is 37.4 Å². The van der Waals surface area contributed by atoms with Crippen molar-refractivity contribution in [2.45, 2.75) is 38.0 Å². The molecular weight excluding hydrogens is 352 g/mol. The quantitative estimate of drug-likeness (QED) is 0.424. The molecule has 11 heteroatoms. The maximum Gasteiger partial charge on any atom is 0.491 e. The first-order chi connectivity index (χ1) is 10.8. The van der Waals surface area contributed by atoms with Crippen molar-refractivity contribution in [1.82, 2.24) is 0 Å². The summed E-state index contributed by atoms with van der Waals surface area (Å²) in [7, 11) is -1.84. The van der Waals surface area contributed by atoms with Gasteiger partial charge >= 0.3 is 26.2 Å². The lowest BCUT2D eigenvalue weighted by Gasteiger charge is -2.39. The van der Waals surface area contributed by atoms with Crippen molar-refractivity contribution < 1.29 is 25.9 Å². The zero-order chi connectivity index (χ0) is 18.0. The molecule has 4 N–H and O–H groups in total. The van der Waals surface area contributed by atoms with Crippen LogP contribution in [0.1, 0.15) is 12.8 Å². The van der Waals surface area contributed by atoms with Crippen LogP contribution in [0.4, 0.5) is 0 Å². The monoisotopic (exact) mass is 386 g/mol. The van der Waals surface area contributed by atoms with Crippen LogP contribution in [0.2, 0.25) is 25.2 Å². The smallest absolute Gasteiger partial charge is 0.394 e. The Morgan fingerprint density at radius 1 is 0.652 bits per heavy atom. The van der Waals surface area contributed by atoms with Gasteiger partial charge in [-0.05, 0) is 39.0 Å². The normalized spacial score (nSPS) is 13.6. The summed E-state index contributed by atoms with van der Waals surface area (Å²) in [5, 5.41) is 0. The summed E-state index contributed by atoms with van der Waals surface area (Å²) in [5.41, 5.74) is 11.2. The fourth-order valence-electron chi connectivity index (χ4n) is 2.25. The van der Waals surface area contributed by atoms with E-state index in [1.54, 1.807) is 28.4 Å². The Bertz CT molecular complexity index is 289. The van der Waals surface area contributed by atoms with Gasteiger partial charge in [-0.2, -0.15) is 0 Å². The van der Waals surface area contributed by atoms with Gasteiger partial charge in [0.2, 0.25) is 0 Å². The van der Waals surface area contributed by atoms with Crippen LogP contribution in [-0.4, -0.2) is 67.7 Å². The number of rotatable bonds is 14. The highest BCUT2D eigenvalue weighted by molar-refractivity contribution is 6.82. The van der Waals surface area contributed by atoms with Crippen molar-refractivity contribution in [2.75, 3.05) is 41.5 Å². The lowest BCUT2D eigenvalue weighted by molar-refractivity contribution is 0.116. The summed E-state index contributed by atoms with van der Waals surface area (Å²) in [4.78, 5) is 0. The van der Waals surface area contributed by atoms with E-state index in [0.29, 0.717) is 25.2 Å². The Balaban J connectivity index is 5.11. The second-order valence-electron chi connectivity index (χ2n) is 5.57. The van der Waals surface area contributed by atoms with Crippen LogP contribution in [-0.2, 0) is 25.9 Å². The molecule has 0 spiro atoms. The molecule has 0 heterocycles. The first-order valence-electron chi connectivity index (χ1n) is 7.79. The Labute approximate surface area is 143 Å². The highest BCUT2D eigenvalue weighted by Gasteiger charge is 2.51. The third-order valence-corrected chi connectivity index (χ3v) is 14.3. The van der Waals surface area contributed by atoms with Crippen LogP contribution in [0.15, 0.2) is 0 Å². The molecule has 0 aromatic rings. The minimum atomic E-state index is -2.81. The summed E-state index contributed by atoms with van der Waals surface area (Å²) >= 11 is 0. The van der Waals surface area contributed by atoms with Gasteiger partial charge < -0.3 is 37.4 Å². The molecule has 0 radical (unpaired) electrons. The lowest BCUT2D eigenvalue weighted by Crippen LogP contribution is -2.59. The Hall–Kier alpha value is 0.331. The second kappa shape index (κ2) is 11.0. The Morgan fingerprint density at radius 3 is 1.17 bits per heavy atom. The molecule has 0 fully saturated rings. The van der Waals surface area contributed by atoms with Crippen molar-refractivity contribution in [3.8, 4) is 0 Å². The van der Waals surface area contributed by atoms with E-state index in [2.05, 4.69) is 0 Å². The van der Waals surface area contributed by atoms with Crippen molar-refractivity contribution in [3.05, 3.63) is 0 Å². The van der Waals surface area contributed by atoms with Crippen LogP contribution in [0.5, 0.6) is 0 Å². The van der Waals surface area contributed by atoms with Gasteiger partial charge in [0.15, 0.2) is 0 Å². The molecule has 0 aromatic heterocycles. The van der Waals surface area contributed by atoms with E-state index in [9.17, 15) is 0 Å². The van der Waals surface area contributed by atoms with Crippen LogP contribution in [0.3, 0.4) is 0 Å². The molecule has 8 nitrogen and oxygen atoms in total. The number of hydrogen-bond donors (Lipinski definition) is 2. The predicted molar refractivity (Wildman–Crippen MR) is 96.2 cm³/mol. The van der Waals surface area contributed by atoms with Crippen molar-refractivity contribution in [1.29, 1.82) is 0 Å². The molecule has 0 bridgehead atoms. The first-order valence-corrected chi connectivity index (χ1v) is 14.5. The maximum absolute atomic E-state index is 6.26. The molecule has 0 rings (SSSR count). The summed E-state index contributed by atoms with van der Waals surface area (Å²) in [6.07, 6.45) is 1.53. The molecule has 23 heavy (non-hydrogen) atoms. The SMILES string of the molecule is CO[Si](CCCN)(OC)O[Si](C)(C)O[Si](CCCN)(OC)OC. The van der Waals surface area contributed by atoms with Gasteiger partial charge in [0, 0.05) is 40.5 Å².